The van der Waals surface area contributed by atoms with Crippen LogP contribution in [-0.2, 0) is 5.75 Å². The van der Waals surface area contributed by atoms with Gasteiger partial charge in [-0.15, -0.1) is 20.4 Å². The third-order valence-corrected chi connectivity index (χ3v) is 5.61. The van der Waals surface area contributed by atoms with Gasteiger partial charge in [-0.1, -0.05) is 47.3 Å². The van der Waals surface area contributed by atoms with E-state index >= 15 is 0 Å². The van der Waals surface area contributed by atoms with Gasteiger partial charge in [-0.2, -0.15) is 0 Å². The summed E-state index contributed by atoms with van der Waals surface area (Å²) in [6, 6.07) is 15.5. The molecule has 0 spiro atoms. The number of benzene rings is 2. The van der Waals surface area contributed by atoms with Gasteiger partial charge in [0.15, 0.2) is 5.82 Å². The van der Waals surface area contributed by atoms with Crippen molar-refractivity contribution in [1.29, 1.82) is 0 Å². The maximum Gasteiger partial charge on any atom is 0.253 e. The lowest BCUT2D eigenvalue weighted by Crippen LogP contribution is -2.11. The van der Waals surface area contributed by atoms with Crippen LogP contribution in [0, 0.1) is 12.7 Å². The molecule has 0 aliphatic carbocycles. The van der Waals surface area contributed by atoms with Crippen molar-refractivity contribution >= 4 is 11.8 Å². The van der Waals surface area contributed by atoms with E-state index in [0.717, 1.165) is 5.56 Å². The normalized spacial score (nSPS) is 11.2. The molecule has 3 aromatic heterocycles. The number of aromatic nitrogens is 6. The average molecular weight is 449 g/mol. The zero-order valence-corrected chi connectivity index (χ0v) is 17.6. The van der Waals surface area contributed by atoms with Gasteiger partial charge in [-0.25, -0.2) is 9.07 Å². The molecular formula is C21H16FN7O2S. The van der Waals surface area contributed by atoms with Crippen molar-refractivity contribution in [3.8, 4) is 34.1 Å². The summed E-state index contributed by atoms with van der Waals surface area (Å²) in [5.74, 6) is 7.82. The number of nitrogen functional groups attached to an aromatic ring is 1. The van der Waals surface area contributed by atoms with E-state index in [4.69, 9.17) is 14.8 Å². The van der Waals surface area contributed by atoms with Crippen LogP contribution in [0.2, 0.25) is 0 Å². The van der Waals surface area contributed by atoms with Crippen molar-refractivity contribution in [3.63, 3.8) is 0 Å². The highest BCUT2D eigenvalue weighted by Crippen LogP contribution is 2.34. The van der Waals surface area contributed by atoms with E-state index in [1.807, 2.05) is 30.3 Å². The Bertz CT molecular complexity index is 1360. The second-order valence-corrected chi connectivity index (χ2v) is 7.74. The number of aryl methyl sites for hydroxylation is 1. The van der Waals surface area contributed by atoms with E-state index in [9.17, 15) is 4.39 Å². The molecule has 2 N–H and O–H groups in total. The molecule has 0 radical (unpaired) electrons. The number of rotatable bonds is 6. The summed E-state index contributed by atoms with van der Waals surface area (Å²) in [5, 5.41) is 21.1. The Balaban J connectivity index is 1.35. The quantitative estimate of drug-likeness (QED) is 0.301. The molecule has 0 aliphatic heterocycles. The molecule has 0 amide bonds. The van der Waals surface area contributed by atoms with Crippen molar-refractivity contribution in [1.82, 2.24) is 30.2 Å². The molecule has 0 saturated carbocycles. The molecule has 0 unspecified atom stereocenters. The fourth-order valence-electron chi connectivity index (χ4n) is 3.13. The molecule has 2 aromatic carbocycles. The van der Waals surface area contributed by atoms with Crippen LogP contribution in [-0.4, -0.2) is 30.2 Å². The van der Waals surface area contributed by atoms with Gasteiger partial charge in [0.25, 0.3) is 5.89 Å². The first-order valence-electron chi connectivity index (χ1n) is 9.54. The highest BCUT2D eigenvalue weighted by atomic mass is 32.2. The molecule has 0 bridgehead atoms. The Hall–Kier alpha value is -3.99. The highest BCUT2D eigenvalue weighted by Gasteiger charge is 2.22. The van der Waals surface area contributed by atoms with E-state index in [2.05, 4.69) is 25.6 Å². The number of hydrogen-bond acceptors (Lipinski definition) is 9. The van der Waals surface area contributed by atoms with Gasteiger partial charge in [-0.3, -0.25) is 0 Å². The largest absolute Gasteiger partial charge is 0.420 e. The second kappa shape index (κ2) is 8.27. The molecular weight excluding hydrogens is 433 g/mol. The molecule has 0 fully saturated rings. The molecule has 32 heavy (non-hydrogen) atoms. The first kappa shape index (κ1) is 19.9. The van der Waals surface area contributed by atoms with Gasteiger partial charge < -0.3 is 14.8 Å². The molecule has 0 saturated heterocycles. The minimum atomic E-state index is -0.336. The van der Waals surface area contributed by atoms with Gasteiger partial charge >= 0.3 is 0 Å². The van der Waals surface area contributed by atoms with Crippen molar-refractivity contribution in [3.05, 3.63) is 72.1 Å². The van der Waals surface area contributed by atoms with Crippen LogP contribution >= 0.6 is 11.8 Å². The molecule has 5 rings (SSSR count). The predicted molar refractivity (Wildman–Crippen MR) is 115 cm³/mol. The molecule has 5 aromatic rings. The molecule has 3 heterocycles. The van der Waals surface area contributed by atoms with Crippen LogP contribution < -0.4 is 5.84 Å². The van der Waals surface area contributed by atoms with Crippen LogP contribution in [0.3, 0.4) is 0 Å². The third-order valence-electron chi connectivity index (χ3n) is 4.68. The van der Waals surface area contributed by atoms with Gasteiger partial charge in [0.1, 0.15) is 22.8 Å². The summed E-state index contributed by atoms with van der Waals surface area (Å²) >= 11 is 1.29. The zero-order chi connectivity index (χ0) is 22.1. The summed E-state index contributed by atoms with van der Waals surface area (Å²) in [5.41, 5.74) is 2.83. The van der Waals surface area contributed by atoms with E-state index in [1.54, 1.807) is 19.1 Å². The second-order valence-electron chi connectivity index (χ2n) is 6.80. The summed E-state index contributed by atoms with van der Waals surface area (Å²) in [6.07, 6.45) is 0. The average Bonchev–Trinajstić information content (AvgIpc) is 3.52. The number of nitrogens with two attached hydrogens (primary N) is 1. The maximum atomic E-state index is 13.2. The summed E-state index contributed by atoms with van der Waals surface area (Å²) < 4.78 is 25.7. The number of hydrogen-bond donors (Lipinski definition) is 1. The van der Waals surface area contributed by atoms with Crippen LogP contribution in [0.4, 0.5) is 4.39 Å². The van der Waals surface area contributed by atoms with Crippen LogP contribution in [0.5, 0.6) is 0 Å². The van der Waals surface area contributed by atoms with Crippen LogP contribution in [0.1, 0.15) is 11.7 Å². The lowest BCUT2D eigenvalue weighted by Gasteiger charge is -2.02. The van der Waals surface area contributed by atoms with Gasteiger partial charge in [0, 0.05) is 11.1 Å². The van der Waals surface area contributed by atoms with Crippen molar-refractivity contribution < 1.29 is 13.3 Å². The van der Waals surface area contributed by atoms with Crippen molar-refractivity contribution in [2.24, 2.45) is 0 Å². The molecule has 11 heteroatoms. The Morgan fingerprint density at radius 2 is 1.75 bits per heavy atom. The Kier molecular flexibility index (Phi) is 5.15. The number of nitrogens with zero attached hydrogens (tertiary/aromatic N) is 6. The minimum Gasteiger partial charge on any atom is -0.420 e. The number of thioether (sulfide) groups is 1. The first-order valence-corrected chi connectivity index (χ1v) is 10.5. The summed E-state index contributed by atoms with van der Waals surface area (Å²) in [4.78, 5) is 0. The lowest BCUT2D eigenvalue weighted by atomic mass is 10.1. The fourth-order valence-corrected chi connectivity index (χ4v) is 3.82. The highest BCUT2D eigenvalue weighted by molar-refractivity contribution is 7.98. The molecule has 0 aliphatic rings. The molecule has 0 atom stereocenters. The third kappa shape index (κ3) is 3.73. The topological polar surface area (TPSA) is 122 Å². The Morgan fingerprint density at radius 3 is 2.53 bits per heavy atom. The van der Waals surface area contributed by atoms with Gasteiger partial charge in [-0.05, 0) is 31.2 Å². The summed E-state index contributed by atoms with van der Waals surface area (Å²) in [7, 11) is 0. The summed E-state index contributed by atoms with van der Waals surface area (Å²) in [6.45, 7) is 1.79. The molecule has 160 valence electrons. The monoisotopic (exact) mass is 449 g/mol. The van der Waals surface area contributed by atoms with E-state index < -0.39 is 0 Å². The first-order chi connectivity index (χ1) is 15.6. The lowest BCUT2D eigenvalue weighted by molar-refractivity contribution is 0.399. The smallest absolute Gasteiger partial charge is 0.253 e. The van der Waals surface area contributed by atoms with Crippen molar-refractivity contribution in [2.45, 2.75) is 17.8 Å². The maximum absolute atomic E-state index is 13.2. The standard InChI is InChI=1S/C21H16FN7O2S/c1-12-17(18(28-31-12)13-5-3-2-4-6-13)20-26-24-16(30-20)11-32-21-27-25-19(29(21)23)14-7-9-15(22)10-8-14/h2-10H,11,23H2,1H3. The predicted octanol–water partition coefficient (Wildman–Crippen LogP) is 4.10. The Labute approximate surface area is 185 Å². The van der Waals surface area contributed by atoms with Crippen molar-refractivity contribution in [2.75, 3.05) is 5.84 Å². The zero-order valence-electron chi connectivity index (χ0n) is 16.8. The van der Waals surface area contributed by atoms with E-state index in [1.165, 1.54) is 28.6 Å². The minimum absolute atomic E-state index is 0.319. The molecule has 9 nitrogen and oxygen atoms in total. The fraction of sp³-hybridized carbons (Fsp3) is 0.0952. The van der Waals surface area contributed by atoms with E-state index in [-0.39, 0.29) is 5.82 Å². The van der Waals surface area contributed by atoms with Gasteiger partial charge in [0.05, 0.1) is 5.75 Å². The van der Waals surface area contributed by atoms with Crippen LogP contribution in [0.15, 0.2) is 68.7 Å². The number of halogens is 1. The SMILES string of the molecule is Cc1onc(-c2ccccc2)c1-c1nnc(CSc2nnc(-c3ccc(F)cc3)n2N)o1. The van der Waals surface area contributed by atoms with Crippen LogP contribution in [0.25, 0.3) is 34.1 Å². The van der Waals surface area contributed by atoms with Gasteiger partial charge in [0.2, 0.25) is 11.0 Å². The Morgan fingerprint density at radius 1 is 0.969 bits per heavy atom. The van der Waals surface area contributed by atoms with E-state index in [0.29, 0.717) is 51.1 Å².